The van der Waals surface area contributed by atoms with Crippen molar-refractivity contribution in [2.75, 3.05) is 24.1 Å². The molecule has 120 valence electrons. The Hall–Kier alpha value is -2.47. The summed E-state index contributed by atoms with van der Waals surface area (Å²) in [6.45, 7) is 2.30. The van der Waals surface area contributed by atoms with Crippen molar-refractivity contribution in [2.24, 2.45) is 5.92 Å². The molecular formula is C17H21N5O. The highest BCUT2D eigenvalue weighted by Crippen LogP contribution is 2.20. The minimum atomic E-state index is -0.00925. The molecular weight excluding hydrogens is 290 g/mol. The van der Waals surface area contributed by atoms with Gasteiger partial charge in [-0.2, -0.15) is 0 Å². The Labute approximate surface area is 135 Å². The van der Waals surface area contributed by atoms with E-state index in [0.717, 1.165) is 31.6 Å². The largest absolute Gasteiger partial charge is 0.384 e. The Morgan fingerprint density at radius 3 is 2.91 bits per heavy atom. The predicted octanol–water partition coefficient (Wildman–Crippen LogP) is 1.91. The number of amides is 1. The summed E-state index contributed by atoms with van der Waals surface area (Å²) in [6, 6.07) is 11.2. The summed E-state index contributed by atoms with van der Waals surface area (Å²) in [4.78, 5) is 23.1. The van der Waals surface area contributed by atoms with Crippen LogP contribution in [0.25, 0.3) is 0 Å². The van der Waals surface area contributed by atoms with E-state index in [9.17, 15) is 4.79 Å². The Kier molecular flexibility index (Phi) is 4.83. The van der Waals surface area contributed by atoms with Crippen molar-refractivity contribution in [3.05, 3.63) is 48.4 Å². The first kappa shape index (κ1) is 15.4. The van der Waals surface area contributed by atoms with Crippen LogP contribution >= 0.6 is 0 Å². The van der Waals surface area contributed by atoms with Crippen LogP contribution in [0.1, 0.15) is 18.7 Å². The molecule has 0 bridgehead atoms. The molecule has 1 aromatic carbocycles. The minimum Gasteiger partial charge on any atom is -0.384 e. The lowest BCUT2D eigenvalue weighted by atomic mass is 9.97. The zero-order chi connectivity index (χ0) is 16.1. The van der Waals surface area contributed by atoms with Gasteiger partial charge < -0.3 is 11.1 Å². The lowest BCUT2D eigenvalue weighted by Gasteiger charge is -2.31. The number of nitrogens with one attached hydrogen (secondary N) is 1. The second kappa shape index (κ2) is 7.19. The molecule has 1 fully saturated rings. The zero-order valence-electron chi connectivity index (χ0n) is 13.0. The number of likely N-dealkylation sites (tertiary alicyclic amines) is 1. The number of nitrogen functional groups attached to an aromatic ring is 1. The first-order valence-corrected chi connectivity index (χ1v) is 7.86. The second-order valence-electron chi connectivity index (χ2n) is 5.83. The summed E-state index contributed by atoms with van der Waals surface area (Å²) in [5.74, 6) is 1.25. The molecule has 0 saturated carbocycles. The maximum absolute atomic E-state index is 12.4. The fourth-order valence-corrected chi connectivity index (χ4v) is 2.87. The summed E-state index contributed by atoms with van der Waals surface area (Å²) < 4.78 is 0. The van der Waals surface area contributed by atoms with Crippen LogP contribution in [0.4, 0.5) is 11.5 Å². The van der Waals surface area contributed by atoms with Crippen LogP contribution in [0, 0.1) is 5.92 Å². The fraction of sp³-hybridized carbons (Fsp3) is 0.353. The van der Waals surface area contributed by atoms with Crippen LogP contribution < -0.4 is 11.1 Å². The lowest BCUT2D eigenvalue weighted by molar-refractivity contribution is -0.121. The van der Waals surface area contributed by atoms with Gasteiger partial charge in [0, 0.05) is 18.4 Å². The molecule has 1 aliphatic heterocycles. The molecule has 1 aromatic heterocycles. The molecule has 1 saturated heterocycles. The monoisotopic (exact) mass is 311 g/mol. The number of para-hydroxylation sites is 1. The van der Waals surface area contributed by atoms with Gasteiger partial charge in [-0.3, -0.25) is 9.69 Å². The van der Waals surface area contributed by atoms with E-state index in [4.69, 9.17) is 5.73 Å². The van der Waals surface area contributed by atoms with E-state index in [-0.39, 0.29) is 11.8 Å². The Morgan fingerprint density at radius 2 is 2.13 bits per heavy atom. The summed E-state index contributed by atoms with van der Waals surface area (Å²) >= 11 is 0. The first-order chi connectivity index (χ1) is 11.2. The average Bonchev–Trinajstić information content (AvgIpc) is 2.56. The maximum atomic E-state index is 12.4. The summed E-state index contributed by atoms with van der Waals surface area (Å²) in [6.07, 6.45) is 3.57. The number of nitrogens with two attached hydrogens (primary N) is 1. The first-order valence-electron chi connectivity index (χ1n) is 7.86. The molecule has 0 unspecified atom stereocenters. The van der Waals surface area contributed by atoms with Crippen molar-refractivity contribution in [1.29, 1.82) is 0 Å². The number of piperidine rings is 1. The third-order valence-electron chi connectivity index (χ3n) is 4.01. The molecule has 3 N–H and O–H groups in total. The van der Waals surface area contributed by atoms with Gasteiger partial charge in [0.25, 0.3) is 0 Å². The molecule has 1 amide bonds. The third-order valence-corrected chi connectivity index (χ3v) is 4.01. The summed E-state index contributed by atoms with van der Waals surface area (Å²) in [7, 11) is 0. The Morgan fingerprint density at radius 1 is 1.30 bits per heavy atom. The van der Waals surface area contributed by atoms with Crippen LogP contribution in [0.5, 0.6) is 0 Å². The van der Waals surface area contributed by atoms with Gasteiger partial charge in [0.1, 0.15) is 11.6 Å². The van der Waals surface area contributed by atoms with Gasteiger partial charge >= 0.3 is 0 Å². The van der Waals surface area contributed by atoms with E-state index in [1.807, 2.05) is 30.3 Å². The fourth-order valence-electron chi connectivity index (χ4n) is 2.87. The SMILES string of the molecule is Nc1ccnc(CN2CCC[C@H](C(=O)Nc3ccccc3)C2)n1. The summed E-state index contributed by atoms with van der Waals surface area (Å²) in [5.41, 5.74) is 6.53. The molecule has 0 spiro atoms. The number of carbonyl (C=O) groups excluding carboxylic acids is 1. The molecule has 3 rings (SSSR count). The number of hydrogen-bond acceptors (Lipinski definition) is 5. The van der Waals surface area contributed by atoms with E-state index >= 15 is 0 Å². The molecule has 6 heteroatoms. The van der Waals surface area contributed by atoms with Crippen LogP contribution in [0.2, 0.25) is 0 Å². The van der Waals surface area contributed by atoms with Crippen molar-refractivity contribution < 1.29 is 4.79 Å². The minimum absolute atomic E-state index is 0.00925. The highest BCUT2D eigenvalue weighted by molar-refractivity contribution is 5.92. The number of anilines is 2. The predicted molar refractivity (Wildman–Crippen MR) is 89.5 cm³/mol. The topological polar surface area (TPSA) is 84.1 Å². The van der Waals surface area contributed by atoms with Gasteiger partial charge in [-0.15, -0.1) is 0 Å². The van der Waals surface area contributed by atoms with Crippen molar-refractivity contribution in [3.8, 4) is 0 Å². The molecule has 6 nitrogen and oxygen atoms in total. The number of hydrogen-bond donors (Lipinski definition) is 2. The van der Waals surface area contributed by atoms with Crippen LogP contribution in [-0.4, -0.2) is 33.9 Å². The number of aromatic nitrogens is 2. The second-order valence-corrected chi connectivity index (χ2v) is 5.83. The standard InChI is InChI=1S/C17H21N5O/c18-15-8-9-19-16(21-15)12-22-10-4-5-13(11-22)17(23)20-14-6-2-1-3-7-14/h1-3,6-9,13H,4-5,10-12H2,(H,20,23)(H2,18,19,21)/t13-/m0/s1. The van der Waals surface area contributed by atoms with Gasteiger partial charge in [0.05, 0.1) is 12.5 Å². The number of nitrogens with zero attached hydrogens (tertiary/aromatic N) is 3. The van der Waals surface area contributed by atoms with Gasteiger partial charge in [0.2, 0.25) is 5.91 Å². The van der Waals surface area contributed by atoms with E-state index in [1.54, 1.807) is 12.3 Å². The van der Waals surface area contributed by atoms with Gasteiger partial charge in [-0.25, -0.2) is 9.97 Å². The molecule has 0 aliphatic carbocycles. The van der Waals surface area contributed by atoms with Crippen LogP contribution in [0.3, 0.4) is 0 Å². The van der Waals surface area contributed by atoms with E-state index < -0.39 is 0 Å². The normalized spacial score (nSPS) is 18.5. The van der Waals surface area contributed by atoms with Gasteiger partial charge in [0.15, 0.2) is 0 Å². The molecule has 1 aliphatic rings. The van der Waals surface area contributed by atoms with Crippen LogP contribution in [0.15, 0.2) is 42.6 Å². The third kappa shape index (κ3) is 4.26. The number of benzene rings is 1. The van der Waals surface area contributed by atoms with Gasteiger partial charge in [-0.1, -0.05) is 18.2 Å². The quantitative estimate of drug-likeness (QED) is 0.901. The van der Waals surface area contributed by atoms with Crippen LogP contribution in [-0.2, 0) is 11.3 Å². The molecule has 23 heavy (non-hydrogen) atoms. The van der Waals surface area contributed by atoms with E-state index in [2.05, 4.69) is 20.2 Å². The lowest BCUT2D eigenvalue weighted by Crippen LogP contribution is -2.40. The highest BCUT2D eigenvalue weighted by Gasteiger charge is 2.26. The molecule has 0 radical (unpaired) electrons. The van der Waals surface area contributed by atoms with Crippen molar-refractivity contribution in [1.82, 2.24) is 14.9 Å². The molecule has 2 aromatic rings. The van der Waals surface area contributed by atoms with Crippen molar-refractivity contribution in [2.45, 2.75) is 19.4 Å². The highest BCUT2D eigenvalue weighted by atomic mass is 16.1. The van der Waals surface area contributed by atoms with Gasteiger partial charge in [-0.05, 0) is 37.6 Å². The molecule has 2 heterocycles. The summed E-state index contributed by atoms with van der Waals surface area (Å²) in [5, 5.41) is 2.99. The van der Waals surface area contributed by atoms with Crippen molar-refractivity contribution >= 4 is 17.4 Å². The Bertz CT molecular complexity index is 661. The maximum Gasteiger partial charge on any atom is 0.228 e. The Balaban J connectivity index is 1.58. The molecule has 1 atom stereocenters. The zero-order valence-corrected chi connectivity index (χ0v) is 13.0. The van der Waals surface area contributed by atoms with Crippen molar-refractivity contribution in [3.63, 3.8) is 0 Å². The smallest absolute Gasteiger partial charge is 0.228 e. The number of rotatable bonds is 4. The average molecular weight is 311 g/mol. The number of carbonyl (C=O) groups is 1. The van der Waals surface area contributed by atoms with E-state index in [0.29, 0.717) is 18.2 Å². The van der Waals surface area contributed by atoms with E-state index in [1.165, 1.54) is 0 Å².